The Morgan fingerprint density at radius 2 is 1.94 bits per heavy atom. The second-order valence-corrected chi connectivity index (χ2v) is 10.2. The predicted molar refractivity (Wildman–Crippen MR) is 145 cm³/mol. The molecule has 2 aromatic carbocycles. The molecule has 0 spiro atoms. The van der Waals surface area contributed by atoms with Crippen molar-refractivity contribution in [1.29, 1.82) is 0 Å². The molecule has 1 amide bonds. The molecule has 0 aliphatic carbocycles. The number of carbonyl (C=O) groups is 1. The lowest BCUT2D eigenvalue weighted by atomic mass is 10.0. The summed E-state index contributed by atoms with van der Waals surface area (Å²) < 4.78 is 0. The van der Waals surface area contributed by atoms with E-state index in [2.05, 4.69) is 39.2 Å². The number of nitrogens with one attached hydrogen (secondary N) is 4. The SMILES string of the molecule is C[C@@H]1CN(/C(=C\C2CCCCN2)Nc2ccc(C(=O)NCCc3ccc(Cl)cc3Cl)cc2)CCN1. The Labute approximate surface area is 218 Å². The summed E-state index contributed by atoms with van der Waals surface area (Å²) in [5.74, 6) is 1.04. The van der Waals surface area contributed by atoms with Crippen LogP contribution in [-0.4, -0.2) is 55.6 Å². The Morgan fingerprint density at radius 1 is 1.11 bits per heavy atom. The van der Waals surface area contributed by atoms with Gasteiger partial charge in [0, 0.05) is 59.6 Å². The highest BCUT2D eigenvalue weighted by molar-refractivity contribution is 6.35. The number of piperazine rings is 1. The van der Waals surface area contributed by atoms with Gasteiger partial charge in [0.2, 0.25) is 0 Å². The lowest BCUT2D eigenvalue weighted by molar-refractivity contribution is 0.0954. The van der Waals surface area contributed by atoms with E-state index in [1.807, 2.05) is 36.4 Å². The third-order valence-electron chi connectivity index (χ3n) is 6.53. The first kappa shape index (κ1) is 25.8. The Kier molecular flexibility index (Phi) is 9.32. The van der Waals surface area contributed by atoms with Crippen LogP contribution in [0.4, 0.5) is 5.69 Å². The number of halogens is 2. The lowest BCUT2D eigenvalue weighted by Crippen LogP contribution is -2.50. The Balaban J connectivity index is 1.36. The molecule has 35 heavy (non-hydrogen) atoms. The molecular formula is C27H35Cl2N5O. The van der Waals surface area contributed by atoms with Crippen molar-refractivity contribution in [1.82, 2.24) is 20.9 Å². The van der Waals surface area contributed by atoms with Crippen LogP contribution in [0.25, 0.3) is 0 Å². The second-order valence-electron chi connectivity index (χ2n) is 9.35. The third-order valence-corrected chi connectivity index (χ3v) is 7.12. The quantitative estimate of drug-likeness (QED) is 0.411. The maximum absolute atomic E-state index is 12.6. The predicted octanol–water partition coefficient (Wildman–Crippen LogP) is 4.66. The van der Waals surface area contributed by atoms with Gasteiger partial charge in [-0.15, -0.1) is 0 Å². The zero-order valence-electron chi connectivity index (χ0n) is 20.2. The van der Waals surface area contributed by atoms with Gasteiger partial charge in [-0.2, -0.15) is 0 Å². The highest BCUT2D eigenvalue weighted by Gasteiger charge is 2.20. The Hall–Kier alpha value is -2.25. The van der Waals surface area contributed by atoms with E-state index in [0.717, 1.165) is 49.7 Å². The summed E-state index contributed by atoms with van der Waals surface area (Å²) in [7, 11) is 0. The first-order valence-corrected chi connectivity index (χ1v) is 13.3. The number of benzene rings is 2. The average Bonchev–Trinajstić information content (AvgIpc) is 2.86. The Morgan fingerprint density at radius 3 is 2.66 bits per heavy atom. The van der Waals surface area contributed by atoms with Crippen LogP contribution in [0.2, 0.25) is 10.0 Å². The van der Waals surface area contributed by atoms with Crippen LogP contribution in [0.3, 0.4) is 0 Å². The normalized spacial score (nSPS) is 21.0. The van der Waals surface area contributed by atoms with Crippen LogP contribution >= 0.6 is 23.2 Å². The number of carbonyl (C=O) groups excluding carboxylic acids is 1. The van der Waals surface area contributed by atoms with Gasteiger partial charge in [0.05, 0.1) is 0 Å². The maximum atomic E-state index is 12.6. The summed E-state index contributed by atoms with van der Waals surface area (Å²) in [6, 6.07) is 13.9. The minimum absolute atomic E-state index is 0.0975. The highest BCUT2D eigenvalue weighted by Crippen LogP contribution is 2.21. The number of hydrogen-bond acceptors (Lipinski definition) is 5. The summed E-state index contributed by atoms with van der Waals surface area (Å²) in [6.45, 7) is 6.69. The molecule has 2 aromatic rings. The molecule has 8 heteroatoms. The third kappa shape index (κ3) is 7.61. The van der Waals surface area contributed by atoms with Gasteiger partial charge in [0.15, 0.2) is 0 Å². The molecule has 2 heterocycles. The van der Waals surface area contributed by atoms with Crippen molar-refractivity contribution in [3.63, 3.8) is 0 Å². The molecule has 2 aliphatic heterocycles. The van der Waals surface area contributed by atoms with E-state index in [1.165, 1.54) is 12.8 Å². The molecule has 2 aliphatic rings. The van der Waals surface area contributed by atoms with E-state index in [1.54, 1.807) is 6.07 Å². The molecule has 2 saturated heterocycles. The van der Waals surface area contributed by atoms with Gasteiger partial charge in [-0.05, 0) is 80.8 Å². The van der Waals surface area contributed by atoms with Crippen LogP contribution in [-0.2, 0) is 6.42 Å². The molecule has 188 valence electrons. The van der Waals surface area contributed by atoms with E-state index < -0.39 is 0 Å². The van der Waals surface area contributed by atoms with Gasteiger partial charge in [-0.25, -0.2) is 0 Å². The fraction of sp³-hybridized carbons (Fsp3) is 0.444. The maximum Gasteiger partial charge on any atom is 0.251 e. The number of amides is 1. The second kappa shape index (κ2) is 12.6. The molecule has 0 bridgehead atoms. The molecule has 4 rings (SSSR count). The number of hydrogen-bond donors (Lipinski definition) is 4. The molecule has 6 nitrogen and oxygen atoms in total. The van der Waals surface area contributed by atoms with Crippen LogP contribution in [0.1, 0.15) is 42.1 Å². The summed E-state index contributed by atoms with van der Waals surface area (Å²) >= 11 is 12.2. The fourth-order valence-electron chi connectivity index (χ4n) is 4.58. The van der Waals surface area contributed by atoms with Gasteiger partial charge < -0.3 is 26.2 Å². The zero-order valence-corrected chi connectivity index (χ0v) is 21.8. The van der Waals surface area contributed by atoms with Crippen molar-refractivity contribution < 1.29 is 4.79 Å². The van der Waals surface area contributed by atoms with Gasteiger partial charge in [-0.1, -0.05) is 35.7 Å². The summed E-state index contributed by atoms with van der Waals surface area (Å²) in [5.41, 5.74) is 2.57. The average molecular weight is 517 g/mol. The molecule has 0 saturated carbocycles. The summed E-state index contributed by atoms with van der Waals surface area (Å²) in [5, 5.41) is 15.0. The fourth-order valence-corrected chi connectivity index (χ4v) is 5.08. The van der Waals surface area contributed by atoms with E-state index in [4.69, 9.17) is 23.2 Å². The smallest absolute Gasteiger partial charge is 0.251 e. The van der Waals surface area contributed by atoms with Crippen molar-refractivity contribution in [2.45, 2.75) is 44.7 Å². The summed E-state index contributed by atoms with van der Waals surface area (Å²) in [4.78, 5) is 15.0. The number of piperidine rings is 1. The Bertz CT molecular complexity index is 1020. The first-order valence-electron chi connectivity index (χ1n) is 12.5. The van der Waals surface area contributed by atoms with Crippen LogP contribution < -0.4 is 21.3 Å². The van der Waals surface area contributed by atoms with E-state index in [0.29, 0.717) is 40.7 Å². The first-order chi connectivity index (χ1) is 17.0. The van der Waals surface area contributed by atoms with Crippen molar-refractivity contribution in [3.8, 4) is 0 Å². The zero-order chi connectivity index (χ0) is 24.6. The van der Waals surface area contributed by atoms with E-state index in [9.17, 15) is 4.79 Å². The van der Waals surface area contributed by atoms with Gasteiger partial charge in [0.25, 0.3) is 5.91 Å². The molecular weight excluding hydrogens is 481 g/mol. The number of anilines is 1. The number of nitrogens with zero attached hydrogens (tertiary/aromatic N) is 1. The lowest BCUT2D eigenvalue weighted by Gasteiger charge is -2.36. The van der Waals surface area contributed by atoms with E-state index in [-0.39, 0.29) is 5.91 Å². The molecule has 0 aromatic heterocycles. The molecule has 1 unspecified atom stereocenters. The van der Waals surface area contributed by atoms with Gasteiger partial charge in [0.1, 0.15) is 5.82 Å². The molecule has 4 N–H and O–H groups in total. The molecule has 2 fully saturated rings. The van der Waals surface area contributed by atoms with Crippen molar-refractivity contribution in [3.05, 3.63) is 75.5 Å². The van der Waals surface area contributed by atoms with Crippen LogP contribution in [0.15, 0.2) is 54.4 Å². The van der Waals surface area contributed by atoms with Crippen molar-refractivity contribution >= 4 is 34.8 Å². The number of rotatable bonds is 8. The van der Waals surface area contributed by atoms with Crippen LogP contribution in [0, 0.1) is 0 Å². The van der Waals surface area contributed by atoms with Gasteiger partial charge >= 0.3 is 0 Å². The largest absolute Gasteiger partial charge is 0.356 e. The van der Waals surface area contributed by atoms with Crippen molar-refractivity contribution in [2.75, 3.05) is 38.0 Å². The summed E-state index contributed by atoms with van der Waals surface area (Å²) in [6.07, 6.45) is 6.64. The monoisotopic (exact) mass is 515 g/mol. The molecule has 0 radical (unpaired) electrons. The topological polar surface area (TPSA) is 68.4 Å². The minimum atomic E-state index is -0.0975. The standard InChI is InChI=1S/C27H35Cl2N5O/c1-19-18-34(15-14-30-19)26(17-24-4-2-3-12-31-24)33-23-9-6-21(7-10-23)27(35)32-13-11-20-5-8-22(28)16-25(20)29/h5-10,16-17,19,24,30-31,33H,2-4,11-15,18H2,1H3,(H,32,35)/b26-17-/t19-,24?/m1/s1. The highest BCUT2D eigenvalue weighted by atomic mass is 35.5. The van der Waals surface area contributed by atoms with E-state index >= 15 is 0 Å². The van der Waals surface area contributed by atoms with Gasteiger partial charge in [-0.3, -0.25) is 4.79 Å². The minimum Gasteiger partial charge on any atom is -0.356 e. The van der Waals surface area contributed by atoms with Crippen LogP contribution in [0.5, 0.6) is 0 Å². The van der Waals surface area contributed by atoms with Crippen molar-refractivity contribution in [2.24, 2.45) is 0 Å². The molecule has 2 atom stereocenters.